The average molecular weight is 431 g/mol. The van der Waals surface area contributed by atoms with E-state index in [0.29, 0.717) is 6.42 Å². The molecule has 2 aliphatic rings. The van der Waals surface area contributed by atoms with E-state index in [1.807, 2.05) is 24.0 Å². The summed E-state index contributed by atoms with van der Waals surface area (Å²) in [7, 11) is 3.50. The second kappa shape index (κ2) is 11.8. The Kier molecular flexibility index (Phi) is 8.82. The van der Waals surface area contributed by atoms with Gasteiger partial charge in [-0.05, 0) is 43.7 Å². The maximum Gasteiger partial charge on any atom is 0.222 e. The zero-order valence-electron chi connectivity index (χ0n) is 19.3. The molecule has 2 N–H and O–H groups in total. The van der Waals surface area contributed by atoms with E-state index >= 15 is 0 Å². The Labute approximate surface area is 186 Å². The van der Waals surface area contributed by atoms with Crippen molar-refractivity contribution in [2.75, 3.05) is 71.4 Å². The molecule has 3 rings (SSSR count). The van der Waals surface area contributed by atoms with E-state index < -0.39 is 0 Å². The number of aliphatic imine (C=N–C) groups is 1. The Bertz CT molecular complexity index is 715. The van der Waals surface area contributed by atoms with Gasteiger partial charge < -0.3 is 25.2 Å². The Hall–Kier alpha value is -2.48. The quantitative estimate of drug-likeness (QED) is 0.369. The number of rotatable bonds is 8. The molecule has 2 saturated heterocycles. The van der Waals surface area contributed by atoms with E-state index in [0.717, 1.165) is 76.9 Å². The summed E-state index contributed by atoms with van der Waals surface area (Å²) in [5.41, 5.74) is 1.27. The van der Waals surface area contributed by atoms with Crippen LogP contribution in [-0.2, 0) is 4.79 Å². The third kappa shape index (κ3) is 6.75. The van der Waals surface area contributed by atoms with Gasteiger partial charge in [-0.2, -0.15) is 0 Å². The molecule has 1 unspecified atom stereocenters. The number of carbonyl (C=O) groups is 1. The van der Waals surface area contributed by atoms with Crippen molar-refractivity contribution in [3.05, 3.63) is 24.3 Å². The number of benzene rings is 1. The smallest absolute Gasteiger partial charge is 0.222 e. The summed E-state index contributed by atoms with van der Waals surface area (Å²) >= 11 is 0. The first-order chi connectivity index (χ1) is 15.1. The van der Waals surface area contributed by atoms with Crippen molar-refractivity contribution in [1.82, 2.24) is 20.4 Å². The monoisotopic (exact) mass is 430 g/mol. The van der Waals surface area contributed by atoms with Crippen molar-refractivity contribution in [2.24, 2.45) is 4.99 Å². The van der Waals surface area contributed by atoms with Gasteiger partial charge in [-0.1, -0.05) is 6.92 Å². The number of guanidine groups is 1. The molecule has 1 aromatic rings. The summed E-state index contributed by atoms with van der Waals surface area (Å²) < 4.78 is 5.25. The zero-order valence-corrected chi connectivity index (χ0v) is 19.3. The molecule has 0 spiro atoms. The van der Waals surface area contributed by atoms with Crippen molar-refractivity contribution in [3.63, 3.8) is 0 Å². The van der Waals surface area contributed by atoms with Crippen LogP contribution in [0.15, 0.2) is 29.3 Å². The van der Waals surface area contributed by atoms with E-state index in [2.05, 4.69) is 37.6 Å². The predicted octanol–water partition coefficient (Wildman–Crippen LogP) is 1.38. The first kappa shape index (κ1) is 23.2. The summed E-state index contributed by atoms with van der Waals surface area (Å²) in [5.74, 6) is 1.97. The van der Waals surface area contributed by atoms with Crippen molar-refractivity contribution in [1.29, 1.82) is 0 Å². The van der Waals surface area contributed by atoms with E-state index in [4.69, 9.17) is 4.74 Å². The molecular formula is C23H38N6O2. The van der Waals surface area contributed by atoms with Crippen LogP contribution < -0.4 is 20.3 Å². The highest BCUT2D eigenvalue weighted by Crippen LogP contribution is 2.20. The van der Waals surface area contributed by atoms with Crippen molar-refractivity contribution in [3.8, 4) is 5.75 Å². The van der Waals surface area contributed by atoms with Gasteiger partial charge in [-0.3, -0.25) is 14.7 Å². The molecule has 1 aromatic carbocycles. The van der Waals surface area contributed by atoms with Crippen LogP contribution in [0.4, 0.5) is 5.69 Å². The largest absolute Gasteiger partial charge is 0.497 e. The maximum atomic E-state index is 11.8. The Morgan fingerprint density at radius 1 is 1.16 bits per heavy atom. The van der Waals surface area contributed by atoms with Gasteiger partial charge in [-0.25, -0.2) is 0 Å². The molecule has 1 atom stereocenters. The van der Waals surface area contributed by atoms with Gasteiger partial charge in [0.2, 0.25) is 5.91 Å². The minimum absolute atomic E-state index is 0.235. The molecule has 0 saturated carbocycles. The summed E-state index contributed by atoms with van der Waals surface area (Å²) in [6.45, 7) is 9.78. The normalized spacial score (nSPS) is 20.1. The third-order valence-electron chi connectivity index (χ3n) is 6.16. The highest BCUT2D eigenvalue weighted by molar-refractivity contribution is 5.80. The number of hydrogen-bond acceptors (Lipinski definition) is 5. The average Bonchev–Trinajstić information content (AvgIpc) is 3.29. The molecule has 0 aliphatic carbocycles. The number of carbonyl (C=O) groups excluding carboxylic acids is 1. The van der Waals surface area contributed by atoms with Gasteiger partial charge in [-0.15, -0.1) is 0 Å². The lowest BCUT2D eigenvalue weighted by atomic mass is 10.2. The number of hydrogen-bond donors (Lipinski definition) is 2. The second-order valence-electron chi connectivity index (χ2n) is 8.20. The molecular weight excluding hydrogens is 392 g/mol. The van der Waals surface area contributed by atoms with Gasteiger partial charge in [0.05, 0.1) is 7.11 Å². The minimum atomic E-state index is 0.235. The molecule has 8 heteroatoms. The fraction of sp³-hybridized carbons (Fsp3) is 0.652. The number of piperazine rings is 1. The molecule has 2 heterocycles. The molecule has 1 amide bonds. The second-order valence-corrected chi connectivity index (χ2v) is 8.20. The van der Waals surface area contributed by atoms with Crippen LogP contribution in [0.25, 0.3) is 0 Å². The Balaban J connectivity index is 1.30. The highest BCUT2D eigenvalue weighted by atomic mass is 16.5. The van der Waals surface area contributed by atoms with Crippen LogP contribution in [0.5, 0.6) is 5.75 Å². The first-order valence-electron chi connectivity index (χ1n) is 11.5. The fourth-order valence-electron chi connectivity index (χ4n) is 4.25. The molecule has 0 aromatic heterocycles. The van der Waals surface area contributed by atoms with Crippen LogP contribution in [0.1, 0.15) is 26.2 Å². The number of amides is 1. The maximum absolute atomic E-state index is 11.8. The van der Waals surface area contributed by atoms with Crippen LogP contribution in [0.2, 0.25) is 0 Å². The SMILES string of the molecule is CCC(=O)N1CCC(NC(=NC)NCCCN2CCN(c3ccc(OC)cc3)CC2)C1. The van der Waals surface area contributed by atoms with Gasteiger partial charge in [0.15, 0.2) is 5.96 Å². The van der Waals surface area contributed by atoms with Gasteiger partial charge >= 0.3 is 0 Å². The third-order valence-corrected chi connectivity index (χ3v) is 6.16. The Morgan fingerprint density at radius 2 is 1.90 bits per heavy atom. The van der Waals surface area contributed by atoms with Gasteiger partial charge in [0.25, 0.3) is 0 Å². The fourth-order valence-corrected chi connectivity index (χ4v) is 4.25. The molecule has 31 heavy (non-hydrogen) atoms. The van der Waals surface area contributed by atoms with Crippen LogP contribution in [0.3, 0.4) is 0 Å². The number of nitrogens with zero attached hydrogens (tertiary/aromatic N) is 4. The highest BCUT2D eigenvalue weighted by Gasteiger charge is 2.25. The lowest BCUT2D eigenvalue weighted by Gasteiger charge is -2.36. The van der Waals surface area contributed by atoms with Crippen molar-refractivity contribution >= 4 is 17.6 Å². The van der Waals surface area contributed by atoms with Gasteiger partial charge in [0, 0.05) is 71.0 Å². The van der Waals surface area contributed by atoms with Crippen molar-refractivity contribution < 1.29 is 9.53 Å². The minimum Gasteiger partial charge on any atom is -0.497 e. The Morgan fingerprint density at radius 3 is 2.55 bits per heavy atom. The standard InChI is InChI=1S/C23H38N6O2/c1-4-22(30)29-13-10-19(18-29)26-23(24-2)25-11-5-12-27-14-16-28(17-15-27)20-6-8-21(31-3)9-7-20/h6-9,19H,4-5,10-18H2,1-3H3,(H2,24,25,26). The lowest BCUT2D eigenvalue weighted by molar-refractivity contribution is -0.129. The van der Waals surface area contributed by atoms with E-state index in [1.54, 1.807) is 14.2 Å². The molecule has 0 bridgehead atoms. The number of ether oxygens (including phenoxy) is 1. The molecule has 8 nitrogen and oxygen atoms in total. The number of likely N-dealkylation sites (tertiary alicyclic amines) is 1. The topological polar surface area (TPSA) is 72.4 Å². The van der Waals surface area contributed by atoms with E-state index in [1.165, 1.54) is 5.69 Å². The lowest BCUT2D eigenvalue weighted by Crippen LogP contribution is -2.48. The van der Waals surface area contributed by atoms with Crippen LogP contribution >= 0.6 is 0 Å². The van der Waals surface area contributed by atoms with Gasteiger partial charge in [0.1, 0.15) is 5.75 Å². The number of methoxy groups -OCH3 is 1. The van der Waals surface area contributed by atoms with Crippen LogP contribution in [-0.4, -0.2) is 94.2 Å². The summed E-state index contributed by atoms with van der Waals surface area (Å²) in [4.78, 5) is 23.1. The zero-order chi connectivity index (χ0) is 22.1. The summed E-state index contributed by atoms with van der Waals surface area (Å²) in [6, 6.07) is 8.61. The molecule has 172 valence electrons. The molecule has 0 radical (unpaired) electrons. The van der Waals surface area contributed by atoms with E-state index in [9.17, 15) is 4.79 Å². The number of anilines is 1. The van der Waals surface area contributed by atoms with E-state index in [-0.39, 0.29) is 11.9 Å². The molecule has 2 aliphatic heterocycles. The summed E-state index contributed by atoms with van der Waals surface area (Å²) in [6.07, 6.45) is 2.63. The first-order valence-corrected chi connectivity index (χ1v) is 11.5. The molecule has 2 fully saturated rings. The van der Waals surface area contributed by atoms with Crippen LogP contribution in [0, 0.1) is 0 Å². The predicted molar refractivity (Wildman–Crippen MR) is 126 cm³/mol. The summed E-state index contributed by atoms with van der Waals surface area (Å²) in [5, 5.41) is 6.89. The number of nitrogens with one attached hydrogen (secondary N) is 2. The van der Waals surface area contributed by atoms with Crippen molar-refractivity contribution in [2.45, 2.75) is 32.2 Å².